The van der Waals surface area contributed by atoms with Gasteiger partial charge in [0, 0.05) is 11.6 Å². The Morgan fingerprint density at radius 1 is 1.59 bits per heavy atom. The van der Waals surface area contributed by atoms with Gasteiger partial charge in [0.25, 0.3) is 0 Å². The van der Waals surface area contributed by atoms with E-state index in [0.29, 0.717) is 6.04 Å². The maximum absolute atomic E-state index is 8.74. The Morgan fingerprint density at radius 3 is 2.88 bits per heavy atom. The molecule has 0 spiro atoms. The zero-order valence-corrected chi connectivity index (χ0v) is 11.9. The van der Waals surface area contributed by atoms with Crippen LogP contribution in [0, 0.1) is 0 Å². The van der Waals surface area contributed by atoms with Crippen molar-refractivity contribution in [3.05, 3.63) is 34.9 Å². The molecule has 0 saturated carbocycles. The average Bonchev–Trinajstić information content (AvgIpc) is 2.71. The van der Waals surface area contributed by atoms with E-state index in [0.717, 1.165) is 18.4 Å². The molecular weight excluding hydrogens is 253 g/mol. The zero-order valence-electron chi connectivity index (χ0n) is 9.72. The third kappa shape index (κ3) is 2.57. The number of rotatable bonds is 2. The molecule has 4 nitrogen and oxygen atoms in total. The van der Waals surface area contributed by atoms with E-state index in [2.05, 4.69) is 25.3 Å². The van der Waals surface area contributed by atoms with Gasteiger partial charge in [-0.15, -0.1) is 0 Å². The highest BCUT2D eigenvalue weighted by Gasteiger charge is 2.26. The average molecular weight is 271 g/mol. The van der Waals surface area contributed by atoms with Crippen molar-refractivity contribution in [3.63, 3.8) is 0 Å². The number of amidine groups is 1. The standard InChI is InChI=1S/C11H16N3OP.H2S/c1-14(16)10-6-5-7-8(10)3-2-4-9(7)11(12)13-15;/h2-4,10,15H,5-6,16H2,1H3,(H2,12,13);1H2/t10-;/m0./s1. The van der Waals surface area contributed by atoms with Crippen molar-refractivity contribution >= 4 is 28.7 Å². The van der Waals surface area contributed by atoms with Gasteiger partial charge in [0.2, 0.25) is 0 Å². The van der Waals surface area contributed by atoms with Crippen LogP contribution in [-0.2, 0) is 6.42 Å². The van der Waals surface area contributed by atoms with Gasteiger partial charge in [-0.25, -0.2) is 0 Å². The van der Waals surface area contributed by atoms with Crippen LogP contribution in [0.5, 0.6) is 0 Å². The van der Waals surface area contributed by atoms with E-state index in [1.54, 1.807) is 0 Å². The summed E-state index contributed by atoms with van der Waals surface area (Å²) in [6.07, 6.45) is 2.05. The van der Waals surface area contributed by atoms with Crippen molar-refractivity contribution in [1.29, 1.82) is 0 Å². The summed E-state index contributed by atoms with van der Waals surface area (Å²) in [5.74, 6) is 0.198. The molecule has 6 heteroatoms. The molecule has 94 valence electrons. The summed E-state index contributed by atoms with van der Waals surface area (Å²) in [6.45, 7) is 0. The Kier molecular flexibility index (Phi) is 4.80. The largest absolute Gasteiger partial charge is 0.409 e. The van der Waals surface area contributed by atoms with Crippen LogP contribution >= 0.6 is 22.9 Å². The second-order valence-electron chi connectivity index (χ2n) is 4.08. The summed E-state index contributed by atoms with van der Waals surface area (Å²) in [6, 6.07) is 6.38. The van der Waals surface area contributed by atoms with Gasteiger partial charge in [-0.1, -0.05) is 32.7 Å². The first-order valence-corrected chi connectivity index (χ1v) is 5.74. The first-order chi connectivity index (χ1) is 7.65. The lowest BCUT2D eigenvalue weighted by Gasteiger charge is -2.19. The fourth-order valence-electron chi connectivity index (χ4n) is 2.35. The van der Waals surface area contributed by atoms with E-state index < -0.39 is 0 Å². The van der Waals surface area contributed by atoms with Gasteiger partial charge < -0.3 is 10.9 Å². The van der Waals surface area contributed by atoms with Crippen LogP contribution in [0.1, 0.15) is 29.2 Å². The molecule has 0 fully saturated rings. The van der Waals surface area contributed by atoms with E-state index in [9.17, 15) is 0 Å². The Balaban J connectivity index is 0.00000144. The summed E-state index contributed by atoms with van der Waals surface area (Å²) < 4.78 is 2.13. The molecule has 2 rings (SSSR count). The molecular formula is C11H18N3OPS. The maximum Gasteiger partial charge on any atom is 0.170 e. The molecule has 0 saturated heterocycles. The molecule has 0 heterocycles. The van der Waals surface area contributed by atoms with Crippen LogP contribution in [-0.4, -0.2) is 22.8 Å². The minimum Gasteiger partial charge on any atom is -0.409 e. The molecule has 1 aromatic carbocycles. The van der Waals surface area contributed by atoms with Crippen LogP contribution in [0.4, 0.5) is 0 Å². The van der Waals surface area contributed by atoms with Gasteiger partial charge in [-0.2, -0.15) is 13.5 Å². The monoisotopic (exact) mass is 271 g/mol. The SMILES string of the molecule is CN(P)[C@H]1CCc2c(C(N)=NO)cccc21.S. The lowest BCUT2D eigenvalue weighted by Crippen LogP contribution is -2.16. The number of nitrogens with two attached hydrogens (primary N) is 1. The maximum atomic E-state index is 8.74. The second-order valence-corrected chi connectivity index (χ2v) is 4.89. The fourth-order valence-corrected chi connectivity index (χ4v) is 2.66. The summed E-state index contributed by atoms with van der Waals surface area (Å²) in [7, 11) is 4.74. The molecule has 3 N–H and O–H groups in total. The minimum absolute atomic E-state index is 0. The summed E-state index contributed by atoms with van der Waals surface area (Å²) in [4.78, 5) is 0. The molecule has 0 radical (unpaired) electrons. The van der Waals surface area contributed by atoms with Crippen LogP contribution < -0.4 is 5.73 Å². The molecule has 0 aromatic heterocycles. The normalized spacial score (nSPS) is 19.0. The molecule has 1 unspecified atom stereocenters. The highest BCUT2D eigenvalue weighted by atomic mass is 32.1. The van der Waals surface area contributed by atoms with Gasteiger partial charge in [-0.3, -0.25) is 4.67 Å². The number of oxime groups is 1. The highest BCUT2D eigenvalue weighted by molar-refractivity contribution is 7.59. The lowest BCUT2D eigenvalue weighted by molar-refractivity contribution is 0.318. The number of fused-ring (bicyclic) bond motifs is 1. The predicted octanol–water partition coefficient (Wildman–Crippen LogP) is 1.60. The predicted molar refractivity (Wildman–Crippen MR) is 77.9 cm³/mol. The Hall–Kier alpha value is -0.770. The van der Waals surface area contributed by atoms with Crippen molar-refractivity contribution in [1.82, 2.24) is 4.67 Å². The van der Waals surface area contributed by atoms with Gasteiger partial charge in [0.05, 0.1) is 0 Å². The molecule has 1 aliphatic rings. The van der Waals surface area contributed by atoms with Crippen molar-refractivity contribution in [2.24, 2.45) is 10.9 Å². The Morgan fingerprint density at radius 2 is 2.29 bits per heavy atom. The number of nitrogens with zero attached hydrogens (tertiary/aromatic N) is 2. The molecule has 1 aliphatic carbocycles. The minimum atomic E-state index is 0. The fraction of sp³-hybridized carbons (Fsp3) is 0.364. The quantitative estimate of drug-likeness (QED) is 0.282. The van der Waals surface area contributed by atoms with Crippen molar-refractivity contribution in [2.75, 3.05) is 7.05 Å². The molecule has 2 atom stereocenters. The number of hydrogen-bond acceptors (Lipinski definition) is 3. The van der Waals surface area contributed by atoms with Gasteiger partial charge in [0.1, 0.15) is 0 Å². The first kappa shape index (κ1) is 14.3. The molecule has 0 aliphatic heterocycles. The third-order valence-electron chi connectivity index (χ3n) is 3.11. The van der Waals surface area contributed by atoms with E-state index in [1.807, 2.05) is 19.2 Å². The van der Waals surface area contributed by atoms with Gasteiger partial charge in [0.15, 0.2) is 5.84 Å². The van der Waals surface area contributed by atoms with Crippen molar-refractivity contribution in [3.8, 4) is 0 Å². The first-order valence-electron chi connectivity index (χ1n) is 5.22. The highest BCUT2D eigenvalue weighted by Crippen LogP contribution is 2.37. The molecule has 0 bridgehead atoms. The summed E-state index contributed by atoms with van der Waals surface area (Å²) in [5, 5.41) is 11.8. The molecule has 1 aromatic rings. The lowest BCUT2D eigenvalue weighted by atomic mass is 10.0. The van der Waals surface area contributed by atoms with Crippen molar-refractivity contribution < 1.29 is 5.21 Å². The van der Waals surface area contributed by atoms with E-state index in [1.165, 1.54) is 11.1 Å². The van der Waals surface area contributed by atoms with E-state index >= 15 is 0 Å². The molecule has 0 amide bonds. The van der Waals surface area contributed by atoms with E-state index in [-0.39, 0.29) is 19.3 Å². The summed E-state index contributed by atoms with van der Waals surface area (Å²) >= 11 is 0. The Labute approximate surface area is 111 Å². The molecule has 17 heavy (non-hydrogen) atoms. The zero-order chi connectivity index (χ0) is 11.7. The van der Waals surface area contributed by atoms with Gasteiger partial charge in [-0.05, 0) is 31.0 Å². The third-order valence-corrected chi connectivity index (χ3v) is 3.47. The van der Waals surface area contributed by atoms with Gasteiger partial charge >= 0.3 is 0 Å². The number of hydrogen-bond donors (Lipinski definition) is 2. The topological polar surface area (TPSA) is 61.8 Å². The summed E-state index contributed by atoms with van der Waals surface area (Å²) in [5.41, 5.74) is 9.01. The smallest absolute Gasteiger partial charge is 0.170 e. The Bertz CT molecular complexity index is 437. The van der Waals surface area contributed by atoms with Crippen LogP contribution in [0.25, 0.3) is 0 Å². The van der Waals surface area contributed by atoms with Crippen LogP contribution in [0.2, 0.25) is 0 Å². The van der Waals surface area contributed by atoms with Crippen LogP contribution in [0.15, 0.2) is 23.4 Å². The van der Waals surface area contributed by atoms with E-state index in [4.69, 9.17) is 10.9 Å². The number of benzene rings is 1. The van der Waals surface area contributed by atoms with Crippen molar-refractivity contribution in [2.45, 2.75) is 18.9 Å². The van der Waals surface area contributed by atoms with Crippen LogP contribution in [0.3, 0.4) is 0 Å². The second kappa shape index (κ2) is 5.71.